The molecule has 0 saturated heterocycles. The van der Waals surface area contributed by atoms with Crippen LogP contribution in [-0.4, -0.2) is 27.3 Å². The molecule has 0 unspecified atom stereocenters. The van der Waals surface area contributed by atoms with Crippen molar-refractivity contribution >= 4 is 5.91 Å². The molecule has 1 aromatic heterocycles. The fraction of sp³-hybridized carbons (Fsp3) is 0.333. The predicted molar refractivity (Wildman–Crippen MR) is 76.2 cm³/mol. The van der Waals surface area contributed by atoms with Crippen molar-refractivity contribution in [2.24, 2.45) is 7.05 Å². The Labute approximate surface area is 126 Å². The van der Waals surface area contributed by atoms with E-state index in [4.69, 9.17) is 0 Å². The van der Waals surface area contributed by atoms with Gasteiger partial charge < -0.3 is 10.4 Å². The fourth-order valence-electron chi connectivity index (χ4n) is 2.09. The number of rotatable bonds is 4. The van der Waals surface area contributed by atoms with E-state index in [0.717, 1.165) is 12.1 Å². The quantitative estimate of drug-likeness (QED) is 0.902. The molecule has 2 rings (SSSR count). The maximum Gasteiger partial charge on any atom is 0.254 e. The Hall–Kier alpha value is -2.28. The Bertz CT molecular complexity index is 711. The second-order valence-electron chi connectivity index (χ2n) is 5.35. The van der Waals surface area contributed by atoms with Crippen LogP contribution in [0.3, 0.4) is 0 Å². The van der Waals surface area contributed by atoms with E-state index in [0.29, 0.717) is 17.3 Å². The standard InChI is InChI=1S/C15H17F2N3O2/c1-9-11(7-19-20(9)3)14(21)18-8-15(2,22)12-5-4-10(16)6-13(12)17/h4-7,22H,8H2,1-3H3,(H,18,21)/t15-/m0/s1. The number of nitrogens with one attached hydrogen (secondary N) is 1. The van der Waals surface area contributed by atoms with Crippen LogP contribution in [0.2, 0.25) is 0 Å². The van der Waals surface area contributed by atoms with Gasteiger partial charge in [0.1, 0.15) is 17.2 Å². The zero-order valence-corrected chi connectivity index (χ0v) is 12.5. The number of carbonyl (C=O) groups excluding carboxylic acids is 1. The van der Waals surface area contributed by atoms with Crippen LogP contribution in [0.5, 0.6) is 0 Å². The first kappa shape index (κ1) is 16.1. The van der Waals surface area contributed by atoms with E-state index in [9.17, 15) is 18.7 Å². The molecule has 0 fully saturated rings. The molecule has 1 heterocycles. The molecule has 0 aliphatic carbocycles. The number of aromatic nitrogens is 2. The van der Waals surface area contributed by atoms with Crippen molar-refractivity contribution in [2.75, 3.05) is 6.54 Å². The van der Waals surface area contributed by atoms with Crippen molar-refractivity contribution in [3.63, 3.8) is 0 Å². The van der Waals surface area contributed by atoms with E-state index < -0.39 is 23.1 Å². The maximum atomic E-state index is 13.7. The number of carbonyl (C=O) groups is 1. The summed E-state index contributed by atoms with van der Waals surface area (Å²) in [5.41, 5.74) is -0.705. The zero-order valence-electron chi connectivity index (χ0n) is 12.5. The first-order chi connectivity index (χ1) is 10.2. The van der Waals surface area contributed by atoms with E-state index >= 15 is 0 Å². The topological polar surface area (TPSA) is 67.2 Å². The highest BCUT2D eigenvalue weighted by Gasteiger charge is 2.28. The van der Waals surface area contributed by atoms with Gasteiger partial charge in [-0.15, -0.1) is 0 Å². The normalized spacial score (nSPS) is 13.7. The monoisotopic (exact) mass is 309 g/mol. The number of benzene rings is 1. The van der Waals surface area contributed by atoms with E-state index in [-0.39, 0.29) is 12.1 Å². The fourth-order valence-corrected chi connectivity index (χ4v) is 2.09. The number of hydrogen-bond donors (Lipinski definition) is 2. The second-order valence-corrected chi connectivity index (χ2v) is 5.35. The van der Waals surface area contributed by atoms with Gasteiger partial charge in [0.15, 0.2) is 0 Å². The van der Waals surface area contributed by atoms with Crippen LogP contribution in [0.15, 0.2) is 24.4 Å². The molecule has 0 spiro atoms. The highest BCUT2D eigenvalue weighted by molar-refractivity contribution is 5.95. The minimum atomic E-state index is -1.66. The van der Waals surface area contributed by atoms with Gasteiger partial charge in [-0.2, -0.15) is 5.10 Å². The number of aryl methyl sites for hydroxylation is 1. The molecule has 2 N–H and O–H groups in total. The molecule has 0 radical (unpaired) electrons. The first-order valence-electron chi connectivity index (χ1n) is 6.67. The molecule has 5 nitrogen and oxygen atoms in total. The molecule has 0 bridgehead atoms. The third-order valence-corrected chi connectivity index (χ3v) is 3.58. The minimum Gasteiger partial charge on any atom is -0.383 e. The molecule has 7 heteroatoms. The lowest BCUT2D eigenvalue weighted by Gasteiger charge is -2.24. The summed E-state index contributed by atoms with van der Waals surface area (Å²) in [7, 11) is 1.70. The third-order valence-electron chi connectivity index (χ3n) is 3.58. The van der Waals surface area contributed by atoms with Crippen molar-refractivity contribution in [3.05, 3.63) is 52.9 Å². The molecule has 0 aliphatic heterocycles. The van der Waals surface area contributed by atoms with Crippen LogP contribution in [0, 0.1) is 18.6 Å². The summed E-state index contributed by atoms with van der Waals surface area (Å²) < 4.78 is 28.2. The summed E-state index contributed by atoms with van der Waals surface area (Å²) in [6.45, 7) is 2.86. The van der Waals surface area contributed by atoms with Crippen LogP contribution in [0.1, 0.15) is 28.5 Å². The van der Waals surface area contributed by atoms with Gasteiger partial charge in [0.2, 0.25) is 0 Å². The zero-order chi connectivity index (χ0) is 16.5. The first-order valence-corrected chi connectivity index (χ1v) is 6.67. The molecule has 1 amide bonds. The summed E-state index contributed by atoms with van der Waals surface area (Å²) in [5, 5.41) is 16.8. The summed E-state index contributed by atoms with van der Waals surface area (Å²) in [5.74, 6) is -2.02. The van der Waals surface area contributed by atoms with Gasteiger partial charge in [-0.25, -0.2) is 8.78 Å². The largest absolute Gasteiger partial charge is 0.383 e. The molecule has 1 aromatic carbocycles. The Kier molecular flexibility index (Phi) is 4.27. The van der Waals surface area contributed by atoms with Crippen molar-refractivity contribution in [1.82, 2.24) is 15.1 Å². The van der Waals surface area contributed by atoms with E-state index in [2.05, 4.69) is 10.4 Å². The lowest BCUT2D eigenvalue weighted by molar-refractivity contribution is 0.0494. The van der Waals surface area contributed by atoms with Gasteiger partial charge >= 0.3 is 0 Å². The molecule has 0 aliphatic rings. The summed E-state index contributed by atoms with van der Waals surface area (Å²) in [6.07, 6.45) is 1.41. The molecule has 2 aromatic rings. The van der Waals surface area contributed by atoms with E-state index in [1.54, 1.807) is 18.7 Å². The molecular formula is C15H17F2N3O2. The number of amides is 1. The average molecular weight is 309 g/mol. The SMILES string of the molecule is Cc1c(C(=O)NC[C@](C)(O)c2ccc(F)cc2F)cnn1C. The molecule has 0 saturated carbocycles. The predicted octanol–water partition coefficient (Wildman–Crippen LogP) is 1.64. The van der Waals surface area contributed by atoms with Crippen molar-refractivity contribution in [3.8, 4) is 0 Å². The highest BCUT2D eigenvalue weighted by atomic mass is 19.1. The Morgan fingerprint density at radius 2 is 2.14 bits per heavy atom. The van der Waals surface area contributed by atoms with Gasteiger partial charge in [-0.05, 0) is 19.9 Å². The summed E-state index contributed by atoms with van der Waals surface area (Å²) >= 11 is 0. The molecular weight excluding hydrogens is 292 g/mol. The summed E-state index contributed by atoms with van der Waals surface area (Å²) in [4.78, 5) is 12.1. The molecule has 118 valence electrons. The Morgan fingerprint density at radius 3 is 2.68 bits per heavy atom. The summed E-state index contributed by atoms with van der Waals surface area (Å²) in [6, 6.07) is 2.91. The third kappa shape index (κ3) is 3.14. The van der Waals surface area contributed by atoms with Crippen LogP contribution >= 0.6 is 0 Å². The van der Waals surface area contributed by atoms with Gasteiger partial charge in [-0.3, -0.25) is 9.48 Å². The Balaban J connectivity index is 2.12. The van der Waals surface area contributed by atoms with Gasteiger partial charge in [0.05, 0.1) is 18.3 Å². The van der Waals surface area contributed by atoms with Gasteiger partial charge in [-0.1, -0.05) is 6.07 Å². The minimum absolute atomic E-state index is 0.0860. The maximum absolute atomic E-state index is 13.7. The second kappa shape index (κ2) is 5.84. The average Bonchev–Trinajstić information content (AvgIpc) is 2.76. The lowest BCUT2D eigenvalue weighted by Crippen LogP contribution is -2.39. The number of nitrogens with zero attached hydrogens (tertiary/aromatic N) is 2. The van der Waals surface area contributed by atoms with Gasteiger partial charge in [0, 0.05) is 24.4 Å². The van der Waals surface area contributed by atoms with Crippen molar-refractivity contribution in [2.45, 2.75) is 19.4 Å². The molecule has 22 heavy (non-hydrogen) atoms. The van der Waals surface area contributed by atoms with E-state index in [1.807, 2.05) is 0 Å². The van der Waals surface area contributed by atoms with Crippen LogP contribution in [0.25, 0.3) is 0 Å². The highest BCUT2D eigenvalue weighted by Crippen LogP contribution is 2.23. The van der Waals surface area contributed by atoms with Crippen LogP contribution in [-0.2, 0) is 12.6 Å². The smallest absolute Gasteiger partial charge is 0.254 e. The van der Waals surface area contributed by atoms with E-state index in [1.165, 1.54) is 13.1 Å². The number of halogens is 2. The number of hydrogen-bond acceptors (Lipinski definition) is 3. The Morgan fingerprint density at radius 1 is 1.45 bits per heavy atom. The van der Waals surface area contributed by atoms with Gasteiger partial charge in [0.25, 0.3) is 5.91 Å². The van der Waals surface area contributed by atoms with Crippen molar-refractivity contribution < 1.29 is 18.7 Å². The number of aliphatic hydroxyl groups is 1. The lowest BCUT2D eigenvalue weighted by atomic mass is 9.95. The van der Waals surface area contributed by atoms with Crippen molar-refractivity contribution in [1.29, 1.82) is 0 Å². The molecule has 1 atom stereocenters. The van der Waals surface area contributed by atoms with Crippen LogP contribution in [0.4, 0.5) is 8.78 Å². The van der Waals surface area contributed by atoms with Crippen LogP contribution < -0.4 is 5.32 Å².